The molecule has 2 heterocycles. The maximum absolute atomic E-state index is 13.9. The number of rotatable bonds is 5. The van der Waals surface area contributed by atoms with Gasteiger partial charge < -0.3 is 20.2 Å². The van der Waals surface area contributed by atoms with Crippen molar-refractivity contribution in [3.63, 3.8) is 0 Å². The summed E-state index contributed by atoms with van der Waals surface area (Å²) >= 11 is 0. The van der Waals surface area contributed by atoms with Gasteiger partial charge in [-0.25, -0.2) is 4.39 Å². The fourth-order valence-corrected chi connectivity index (χ4v) is 3.12. The topological polar surface area (TPSA) is 115 Å². The number of carbonyl (C=O) groups excluding carboxylic acids is 2. The first-order valence-corrected chi connectivity index (χ1v) is 9.17. The van der Waals surface area contributed by atoms with E-state index in [4.69, 9.17) is 4.74 Å². The third-order valence-corrected chi connectivity index (χ3v) is 4.55. The monoisotopic (exact) mass is 422 g/mol. The molecule has 0 fully saturated rings. The average molecular weight is 422 g/mol. The second-order valence-corrected chi connectivity index (χ2v) is 6.61. The Morgan fingerprint density at radius 3 is 2.55 bits per heavy atom. The normalized spacial score (nSPS) is 15.1. The number of amides is 2. The molecule has 1 aliphatic rings. The van der Waals surface area contributed by atoms with Gasteiger partial charge in [0.2, 0.25) is 12.0 Å². The van der Waals surface area contributed by atoms with Gasteiger partial charge in [-0.05, 0) is 28.1 Å². The van der Waals surface area contributed by atoms with E-state index in [9.17, 15) is 24.1 Å². The van der Waals surface area contributed by atoms with Gasteiger partial charge in [0, 0.05) is 11.6 Å². The summed E-state index contributed by atoms with van der Waals surface area (Å²) in [5.41, 5.74) is 0.482. The van der Waals surface area contributed by atoms with Gasteiger partial charge in [0.15, 0.2) is 5.75 Å². The highest BCUT2D eigenvalue weighted by Crippen LogP contribution is 2.38. The third kappa shape index (κ3) is 4.04. The lowest BCUT2D eigenvalue weighted by atomic mass is 10.1. The Morgan fingerprint density at radius 2 is 1.84 bits per heavy atom. The van der Waals surface area contributed by atoms with Crippen molar-refractivity contribution in [1.29, 1.82) is 0 Å². The first-order chi connectivity index (χ1) is 14.9. The van der Waals surface area contributed by atoms with Crippen LogP contribution in [0, 0.1) is 15.9 Å². The quantitative estimate of drug-likeness (QED) is 0.499. The summed E-state index contributed by atoms with van der Waals surface area (Å²) in [4.78, 5) is 41.0. The maximum atomic E-state index is 13.9. The van der Waals surface area contributed by atoms with E-state index in [2.05, 4.69) is 10.3 Å². The molecule has 1 atom stereocenters. The summed E-state index contributed by atoms with van der Waals surface area (Å²) < 4.78 is 19.6. The fraction of sp³-hybridized carbons (Fsp3) is 0.0952. The number of fused-ring (bicyclic) bond motifs is 1. The van der Waals surface area contributed by atoms with Crippen LogP contribution in [0.2, 0.25) is 0 Å². The second kappa shape index (κ2) is 8.19. The molecule has 1 unspecified atom stereocenters. The number of benzene rings is 2. The number of nitro groups is 1. The molecule has 4 rings (SSSR count). The van der Waals surface area contributed by atoms with Crippen molar-refractivity contribution in [1.82, 2.24) is 4.98 Å². The highest BCUT2D eigenvalue weighted by Gasteiger charge is 2.40. The van der Waals surface area contributed by atoms with Gasteiger partial charge in [-0.1, -0.05) is 42.5 Å². The number of para-hydroxylation sites is 1. The molecule has 1 aromatic heterocycles. The Balaban J connectivity index is 1.68. The van der Waals surface area contributed by atoms with Crippen molar-refractivity contribution >= 4 is 29.1 Å². The van der Waals surface area contributed by atoms with E-state index in [1.807, 2.05) is 0 Å². The molecule has 0 saturated heterocycles. The molecule has 3 aromatic rings. The van der Waals surface area contributed by atoms with Gasteiger partial charge in [0.25, 0.3) is 11.7 Å². The highest BCUT2D eigenvalue weighted by atomic mass is 19.1. The van der Waals surface area contributed by atoms with Crippen LogP contribution in [0.1, 0.15) is 11.7 Å². The molecule has 2 aromatic carbocycles. The minimum atomic E-state index is -1.07. The first kappa shape index (κ1) is 20.0. The van der Waals surface area contributed by atoms with Gasteiger partial charge >= 0.3 is 5.82 Å². The summed E-state index contributed by atoms with van der Waals surface area (Å²) in [5, 5.41) is 13.5. The molecule has 0 radical (unpaired) electrons. The molecule has 10 heteroatoms. The highest BCUT2D eigenvalue weighted by molar-refractivity contribution is 6.06. The van der Waals surface area contributed by atoms with Crippen LogP contribution in [0.25, 0.3) is 0 Å². The number of nitrogens with zero attached hydrogens (tertiary/aromatic N) is 3. The van der Waals surface area contributed by atoms with Crippen molar-refractivity contribution in [2.24, 2.45) is 0 Å². The van der Waals surface area contributed by atoms with Crippen LogP contribution in [0.4, 0.5) is 21.7 Å². The predicted molar refractivity (Wildman–Crippen MR) is 108 cm³/mol. The summed E-state index contributed by atoms with van der Waals surface area (Å²) in [5.74, 6) is -2.53. The fourth-order valence-electron chi connectivity index (χ4n) is 3.12. The molecule has 0 bridgehead atoms. The number of hydrogen-bond donors (Lipinski definition) is 1. The number of pyridine rings is 1. The van der Waals surface area contributed by atoms with Crippen LogP contribution < -0.4 is 15.0 Å². The summed E-state index contributed by atoms with van der Waals surface area (Å²) in [6, 6.07) is 16.6. The third-order valence-electron chi connectivity index (χ3n) is 4.55. The van der Waals surface area contributed by atoms with Crippen LogP contribution in [0.3, 0.4) is 0 Å². The number of hydrogen-bond acceptors (Lipinski definition) is 6. The molecule has 0 saturated carbocycles. The number of nitrogens with one attached hydrogen (secondary N) is 1. The number of halogens is 1. The second-order valence-electron chi connectivity index (χ2n) is 6.61. The predicted octanol–water partition coefficient (Wildman–Crippen LogP) is 3.23. The standard InChI is InChI=1S/C21H15FN4O5/c22-14-8-4-5-9-15(14)23-18(27)12-25-20-16(10-11-17(24-20)26(29)30)31-19(21(25)28)13-6-2-1-3-7-13/h1-11,19H,12H2,(H,23,27). The van der Waals surface area contributed by atoms with Crippen LogP contribution in [0.5, 0.6) is 5.75 Å². The molecule has 0 aliphatic carbocycles. The van der Waals surface area contributed by atoms with Gasteiger partial charge in [-0.3, -0.25) is 14.5 Å². The smallest absolute Gasteiger partial charge is 0.366 e. The molecular weight excluding hydrogens is 407 g/mol. The SMILES string of the molecule is O=C(CN1C(=O)C(c2ccccc2)Oc2ccc([N+](=O)[O-])nc21)Nc1ccccc1F. The van der Waals surface area contributed by atoms with E-state index in [1.54, 1.807) is 36.4 Å². The van der Waals surface area contributed by atoms with E-state index in [0.29, 0.717) is 5.56 Å². The van der Waals surface area contributed by atoms with Crippen LogP contribution in [-0.2, 0) is 9.59 Å². The van der Waals surface area contributed by atoms with Gasteiger partial charge in [0.05, 0.1) is 5.69 Å². The Morgan fingerprint density at radius 1 is 1.13 bits per heavy atom. The van der Waals surface area contributed by atoms with E-state index in [0.717, 1.165) is 11.0 Å². The summed E-state index contributed by atoms with van der Waals surface area (Å²) in [6.07, 6.45) is -1.07. The van der Waals surface area contributed by atoms with E-state index in [1.165, 1.54) is 24.3 Å². The Kier molecular flexibility index (Phi) is 5.27. The van der Waals surface area contributed by atoms with E-state index < -0.39 is 41.0 Å². The lowest BCUT2D eigenvalue weighted by molar-refractivity contribution is -0.389. The van der Waals surface area contributed by atoms with E-state index >= 15 is 0 Å². The van der Waals surface area contributed by atoms with Crippen LogP contribution in [-0.4, -0.2) is 28.3 Å². The van der Waals surface area contributed by atoms with Gasteiger partial charge in [-0.15, -0.1) is 0 Å². The van der Waals surface area contributed by atoms with Crippen molar-refractivity contribution < 1.29 is 23.6 Å². The lowest BCUT2D eigenvalue weighted by Gasteiger charge is -2.30. The number of ether oxygens (including phenoxy) is 1. The number of carbonyl (C=O) groups is 2. The zero-order valence-corrected chi connectivity index (χ0v) is 15.9. The minimum Gasteiger partial charge on any atom is -0.469 e. The average Bonchev–Trinajstić information content (AvgIpc) is 2.77. The molecule has 9 nitrogen and oxygen atoms in total. The summed E-state index contributed by atoms with van der Waals surface area (Å²) in [7, 11) is 0. The van der Waals surface area contributed by atoms with Crippen LogP contribution in [0.15, 0.2) is 66.7 Å². The van der Waals surface area contributed by atoms with Crippen molar-refractivity contribution in [2.45, 2.75) is 6.10 Å². The van der Waals surface area contributed by atoms with Crippen LogP contribution >= 0.6 is 0 Å². The maximum Gasteiger partial charge on any atom is 0.366 e. The Bertz CT molecular complexity index is 1170. The van der Waals surface area contributed by atoms with Crippen molar-refractivity contribution in [3.05, 3.63) is 88.2 Å². The Hall–Kier alpha value is -4.34. The number of aromatic nitrogens is 1. The summed E-state index contributed by atoms with van der Waals surface area (Å²) in [6.45, 7) is -0.541. The number of anilines is 2. The molecule has 2 amide bonds. The Labute approximate surface area is 175 Å². The lowest BCUT2D eigenvalue weighted by Crippen LogP contribution is -2.45. The first-order valence-electron chi connectivity index (χ1n) is 9.17. The molecule has 1 aliphatic heterocycles. The van der Waals surface area contributed by atoms with Gasteiger partial charge in [0.1, 0.15) is 12.4 Å². The van der Waals surface area contributed by atoms with E-state index in [-0.39, 0.29) is 17.3 Å². The zero-order valence-electron chi connectivity index (χ0n) is 15.9. The molecule has 156 valence electrons. The minimum absolute atomic E-state index is 0.0555. The van der Waals surface area contributed by atoms with Crippen molar-refractivity contribution in [3.8, 4) is 5.75 Å². The van der Waals surface area contributed by atoms with Gasteiger partial charge in [-0.2, -0.15) is 0 Å². The van der Waals surface area contributed by atoms with Crippen molar-refractivity contribution in [2.75, 3.05) is 16.8 Å². The molecule has 1 N–H and O–H groups in total. The largest absolute Gasteiger partial charge is 0.469 e. The molecule has 31 heavy (non-hydrogen) atoms. The molecule has 0 spiro atoms. The molecular formula is C21H15FN4O5. The zero-order chi connectivity index (χ0) is 22.0.